The van der Waals surface area contributed by atoms with Crippen molar-refractivity contribution in [2.75, 3.05) is 26.2 Å². The first-order valence-electron chi connectivity index (χ1n) is 10.4. The van der Waals surface area contributed by atoms with Crippen LogP contribution in [0.25, 0.3) is 0 Å². The van der Waals surface area contributed by atoms with Gasteiger partial charge >= 0.3 is 0 Å². The highest BCUT2D eigenvalue weighted by molar-refractivity contribution is 14.0. The van der Waals surface area contributed by atoms with Gasteiger partial charge in [0.15, 0.2) is 23.3 Å². The van der Waals surface area contributed by atoms with Crippen molar-refractivity contribution in [3.63, 3.8) is 0 Å². The number of hydrogen-bond donors (Lipinski definition) is 3. The van der Waals surface area contributed by atoms with Gasteiger partial charge in [-0.2, -0.15) is 0 Å². The Kier molecular flexibility index (Phi) is 10.1. The average molecular weight is 544 g/mol. The van der Waals surface area contributed by atoms with Crippen molar-refractivity contribution in [1.82, 2.24) is 16.0 Å². The fourth-order valence-corrected chi connectivity index (χ4v) is 2.84. The number of nitrogens with zero attached hydrogens (tertiary/aromatic N) is 1. The summed E-state index contributed by atoms with van der Waals surface area (Å²) >= 11 is 0. The van der Waals surface area contributed by atoms with E-state index in [1.165, 1.54) is 25.2 Å². The maximum Gasteiger partial charge on any atom is 0.287 e. The summed E-state index contributed by atoms with van der Waals surface area (Å²) in [4.78, 5) is 16.3. The van der Waals surface area contributed by atoms with E-state index in [1.54, 1.807) is 18.2 Å². The molecule has 0 bridgehead atoms. The largest absolute Gasteiger partial charge is 0.490 e. The Bertz CT molecular complexity index is 856. The van der Waals surface area contributed by atoms with Crippen LogP contribution in [0.2, 0.25) is 0 Å². The normalized spacial score (nSPS) is 14.4. The van der Waals surface area contributed by atoms with Crippen molar-refractivity contribution in [2.24, 2.45) is 10.9 Å². The van der Waals surface area contributed by atoms with Gasteiger partial charge in [0.1, 0.15) is 0 Å². The molecule has 1 amide bonds. The van der Waals surface area contributed by atoms with Crippen LogP contribution in [0.15, 0.2) is 46.0 Å². The van der Waals surface area contributed by atoms with Crippen LogP contribution >= 0.6 is 24.0 Å². The number of amides is 1. The number of aliphatic imine (C=N–C) groups is 1. The molecule has 1 saturated carbocycles. The van der Waals surface area contributed by atoms with Gasteiger partial charge in [-0.05, 0) is 62.4 Å². The topological polar surface area (TPSA) is 87.9 Å². The number of carbonyl (C=O) groups excluding carboxylic acids is 1. The van der Waals surface area contributed by atoms with E-state index in [9.17, 15) is 9.18 Å². The minimum atomic E-state index is -0.357. The lowest BCUT2D eigenvalue weighted by Crippen LogP contribution is -2.39. The number of ether oxygens (including phenoxy) is 1. The highest BCUT2D eigenvalue weighted by atomic mass is 127. The van der Waals surface area contributed by atoms with Gasteiger partial charge in [-0.3, -0.25) is 9.79 Å². The molecule has 31 heavy (non-hydrogen) atoms. The van der Waals surface area contributed by atoms with Gasteiger partial charge in [0.25, 0.3) is 5.91 Å². The lowest BCUT2D eigenvalue weighted by molar-refractivity contribution is 0.0927. The summed E-state index contributed by atoms with van der Waals surface area (Å²) in [6, 6.07) is 8.14. The van der Waals surface area contributed by atoms with E-state index in [4.69, 9.17) is 9.15 Å². The van der Waals surface area contributed by atoms with Crippen molar-refractivity contribution in [1.29, 1.82) is 0 Å². The molecular weight excluding hydrogens is 514 g/mol. The molecule has 0 aliphatic heterocycles. The number of furan rings is 1. The SMILES string of the molecule is CCNC(=NCCNC(=O)c1ccco1)NC(C)c1ccc(OCC2CC2)c(F)c1.I. The van der Waals surface area contributed by atoms with Crippen LogP contribution in [0.5, 0.6) is 5.75 Å². The van der Waals surface area contributed by atoms with Gasteiger partial charge in [-0.15, -0.1) is 24.0 Å². The highest BCUT2D eigenvalue weighted by Gasteiger charge is 2.22. The smallest absolute Gasteiger partial charge is 0.287 e. The summed E-state index contributed by atoms with van der Waals surface area (Å²) in [7, 11) is 0. The number of carbonyl (C=O) groups is 1. The summed E-state index contributed by atoms with van der Waals surface area (Å²) in [5, 5.41) is 9.16. The molecule has 3 N–H and O–H groups in total. The number of hydrogen-bond acceptors (Lipinski definition) is 4. The van der Waals surface area contributed by atoms with Gasteiger partial charge in [0.2, 0.25) is 0 Å². The third-order valence-electron chi connectivity index (χ3n) is 4.74. The summed E-state index contributed by atoms with van der Waals surface area (Å²) in [6.45, 7) is 5.91. The van der Waals surface area contributed by atoms with Crippen molar-refractivity contribution in [3.8, 4) is 5.75 Å². The molecule has 9 heteroatoms. The summed E-state index contributed by atoms with van der Waals surface area (Å²) < 4.78 is 25.0. The summed E-state index contributed by atoms with van der Waals surface area (Å²) in [5.74, 6) is 1.10. The van der Waals surface area contributed by atoms with Gasteiger partial charge in [0.05, 0.1) is 25.5 Å². The standard InChI is InChI=1S/C22H29FN4O3.HI/c1-3-24-22(26-11-10-25-21(28)20-5-4-12-29-20)27-15(2)17-8-9-19(18(23)13-17)30-14-16-6-7-16;/h4-5,8-9,12-13,15-16H,3,6-7,10-11,14H2,1-2H3,(H,25,28)(H2,24,26,27);1H. The first-order valence-corrected chi connectivity index (χ1v) is 10.4. The van der Waals surface area contributed by atoms with E-state index >= 15 is 0 Å². The Morgan fingerprint density at radius 2 is 2.13 bits per heavy atom. The second-order valence-corrected chi connectivity index (χ2v) is 7.30. The number of nitrogens with one attached hydrogen (secondary N) is 3. The van der Waals surface area contributed by atoms with Crippen molar-refractivity contribution in [3.05, 3.63) is 53.7 Å². The van der Waals surface area contributed by atoms with Crippen LogP contribution in [-0.2, 0) is 0 Å². The Morgan fingerprint density at radius 1 is 1.32 bits per heavy atom. The van der Waals surface area contributed by atoms with Crippen LogP contribution in [0.3, 0.4) is 0 Å². The zero-order valence-corrected chi connectivity index (χ0v) is 20.1. The molecular formula is C22H30FIN4O3. The van der Waals surface area contributed by atoms with E-state index in [1.807, 2.05) is 19.9 Å². The Morgan fingerprint density at radius 3 is 2.77 bits per heavy atom. The van der Waals surface area contributed by atoms with E-state index in [2.05, 4.69) is 20.9 Å². The number of guanidine groups is 1. The van der Waals surface area contributed by atoms with Crippen LogP contribution in [0.4, 0.5) is 4.39 Å². The molecule has 3 rings (SSSR count). The van der Waals surface area contributed by atoms with Gasteiger partial charge in [0, 0.05) is 13.1 Å². The van der Waals surface area contributed by atoms with Crippen LogP contribution in [-0.4, -0.2) is 38.1 Å². The molecule has 0 radical (unpaired) electrons. The maximum absolute atomic E-state index is 14.4. The first-order chi connectivity index (χ1) is 14.6. The number of benzene rings is 1. The van der Waals surface area contributed by atoms with Gasteiger partial charge in [-0.1, -0.05) is 6.07 Å². The molecule has 0 spiro atoms. The second-order valence-electron chi connectivity index (χ2n) is 7.30. The highest BCUT2D eigenvalue weighted by Crippen LogP contribution is 2.30. The molecule has 7 nitrogen and oxygen atoms in total. The maximum atomic E-state index is 14.4. The van der Waals surface area contributed by atoms with E-state index in [-0.39, 0.29) is 47.5 Å². The third-order valence-corrected chi connectivity index (χ3v) is 4.74. The Hall–Kier alpha value is -2.30. The molecule has 170 valence electrons. The molecule has 1 atom stereocenters. The van der Waals surface area contributed by atoms with Crippen molar-refractivity contribution >= 4 is 35.8 Å². The monoisotopic (exact) mass is 544 g/mol. The van der Waals surface area contributed by atoms with Crippen molar-refractivity contribution in [2.45, 2.75) is 32.7 Å². The van der Waals surface area contributed by atoms with Gasteiger partial charge < -0.3 is 25.1 Å². The molecule has 1 aromatic carbocycles. The molecule has 0 saturated heterocycles. The van der Waals surface area contributed by atoms with E-state index in [0.717, 1.165) is 5.56 Å². The molecule has 1 heterocycles. The zero-order valence-electron chi connectivity index (χ0n) is 17.8. The minimum Gasteiger partial charge on any atom is -0.490 e. The number of halogens is 2. The fourth-order valence-electron chi connectivity index (χ4n) is 2.84. The summed E-state index contributed by atoms with van der Waals surface area (Å²) in [6.07, 6.45) is 3.79. The Labute approximate surface area is 199 Å². The molecule has 2 aromatic rings. The Balaban J connectivity index is 0.00000341. The van der Waals surface area contributed by atoms with Crippen molar-refractivity contribution < 1.29 is 18.3 Å². The predicted octanol–water partition coefficient (Wildman–Crippen LogP) is 3.87. The number of rotatable bonds is 10. The first kappa shape index (κ1) is 25.0. The van der Waals surface area contributed by atoms with E-state index in [0.29, 0.717) is 43.9 Å². The van der Waals surface area contributed by atoms with Crippen LogP contribution in [0.1, 0.15) is 48.8 Å². The predicted molar refractivity (Wildman–Crippen MR) is 129 cm³/mol. The molecule has 1 aliphatic carbocycles. The lowest BCUT2D eigenvalue weighted by Gasteiger charge is -2.19. The second kappa shape index (κ2) is 12.5. The fraction of sp³-hybridized carbons (Fsp3) is 0.455. The van der Waals surface area contributed by atoms with Gasteiger partial charge in [-0.25, -0.2) is 4.39 Å². The zero-order chi connectivity index (χ0) is 21.3. The summed E-state index contributed by atoms with van der Waals surface area (Å²) in [5.41, 5.74) is 0.794. The lowest BCUT2D eigenvalue weighted by atomic mass is 10.1. The van der Waals surface area contributed by atoms with Crippen LogP contribution < -0.4 is 20.7 Å². The minimum absolute atomic E-state index is 0. The van der Waals surface area contributed by atoms with Crippen LogP contribution in [0, 0.1) is 11.7 Å². The van der Waals surface area contributed by atoms with E-state index < -0.39 is 0 Å². The molecule has 1 fully saturated rings. The molecule has 1 unspecified atom stereocenters. The molecule has 1 aliphatic rings. The third kappa shape index (κ3) is 8.04. The molecule has 1 aromatic heterocycles. The average Bonchev–Trinajstić information content (AvgIpc) is 3.40. The quantitative estimate of drug-likeness (QED) is 0.183.